The molecular weight excluding hydrogens is 373 g/mol. The summed E-state index contributed by atoms with van der Waals surface area (Å²) in [5.74, 6) is 2.46. The van der Waals surface area contributed by atoms with Crippen LogP contribution in [0.5, 0.6) is 11.5 Å². The van der Waals surface area contributed by atoms with E-state index in [2.05, 4.69) is 72.9 Å². The zero-order valence-corrected chi connectivity index (χ0v) is 15.0. The van der Waals surface area contributed by atoms with Gasteiger partial charge < -0.3 is 10.1 Å². The topological polar surface area (TPSA) is 21.3 Å². The van der Waals surface area contributed by atoms with Gasteiger partial charge in [-0.2, -0.15) is 0 Å². The van der Waals surface area contributed by atoms with E-state index in [4.69, 9.17) is 4.74 Å². The van der Waals surface area contributed by atoms with Gasteiger partial charge in [-0.3, -0.25) is 0 Å². The average Bonchev–Trinajstić information content (AvgIpc) is 2.41. The molecule has 1 N–H and O–H groups in total. The van der Waals surface area contributed by atoms with Gasteiger partial charge in [-0.05, 0) is 66.2 Å². The molecule has 0 spiro atoms. The highest BCUT2D eigenvalue weighted by atomic mass is 127. The van der Waals surface area contributed by atoms with E-state index in [-0.39, 0.29) is 0 Å². The van der Waals surface area contributed by atoms with Crippen LogP contribution in [-0.4, -0.2) is 6.54 Å². The lowest BCUT2D eigenvalue weighted by atomic mass is 10.1. The van der Waals surface area contributed by atoms with Crippen LogP contribution >= 0.6 is 22.6 Å². The molecule has 0 bridgehead atoms. The Morgan fingerprint density at radius 1 is 1.14 bits per heavy atom. The second-order valence-corrected chi connectivity index (χ2v) is 6.94. The van der Waals surface area contributed by atoms with Crippen molar-refractivity contribution >= 4 is 22.6 Å². The highest BCUT2D eigenvalue weighted by Gasteiger charge is 2.06. The van der Waals surface area contributed by atoms with Crippen molar-refractivity contribution in [1.29, 1.82) is 0 Å². The van der Waals surface area contributed by atoms with Gasteiger partial charge in [-0.1, -0.05) is 37.6 Å². The van der Waals surface area contributed by atoms with Crippen molar-refractivity contribution in [2.24, 2.45) is 5.92 Å². The molecule has 0 atom stereocenters. The Labute approximate surface area is 141 Å². The number of halogens is 1. The number of hydrogen-bond acceptors (Lipinski definition) is 2. The van der Waals surface area contributed by atoms with Gasteiger partial charge in [-0.25, -0.2) is 0 Å². The number of ether oxygens (including phenoxy) is 1. The molecule has 0 aliphatic heterocycles. The Kier molecular flexibility index (Phi) is 6.06. The third-order valence-electron chi connectivity index (χ3n) is 3.11. The van der Waals surface area contributed by atoms with Gasteiger partial charge in [0.25, 0.3) is 0 Å². The van der Waals surface area contributed by atoms with Crippen LogP contribution < -0.4 is 10.1 Å². The number of benzene rings is 2. The second-order valence-electron chi connectivity index (χ2n) is 5.70. The van der Waals surface area contributed by atoms with Crippen LogP contribution in [0.3, 0.4) is 0 Å². The van der Waals surface area contributed by atoms with Gasteiger partial charge in [0.15, 0.2) is 0 Å². The van der Waals surface area contributed by atoms with Crippen LogP contribution in [0.2, 0.25) is 0 Å². The molecule has 0 fully saturated rings. The third kappa shape index (κ3) is 5.32. The lowest BCUT2D eigenvalue weighted by molar-refractivity contribution is 0.468. The summed E-state index contributed by atoms with van der Waals surface area (Å²) in [7, 11) is 0. The third-order valence-corrected chi connectivity index (χ3v) is 3.78. The lowest BCUT2D eigenvalue weighted by Crippen LogP contribution is -2.19. The SMILES string of the molecule is Cc1ccc(Oc2cccc(I)c2)c(CNCC(C)C)c1. The monoisotopic (exact) mass is 395 g/mol. The first kappa shape index (κ1) is 16.3. The molecule has 112 valence electrons. The number of hydrogen-bond donors (Lipinski definition) is 1. The average molecular weight is 395 g/mol. The van der Waals surface area contributed by atoms with Gasteiger partial charge in [0.1, 0.15) is 11.5 Å². The molecule has 21 heavy (non-hydrogen) atoms. The smallest absolute Gasteiger partial charge is 0.131 e. The predicted octanol–water partition coefficient (Wildman–Crippen LogP) is 5.14. The van der Waals surface area contributed by atoms with Crippen molar-refractivity contribution in [3.05, 3.63) is 57.2 Å². The highest BCUT2D eigenvalue weighted by molar-refractivity contribution is 14.1. The molecule has 0 radical (unpaired) electrons. The van der Waals surface area contributed by atoms with Crippen LogP contribution in [0.4, 0.5) is 0 Å². The van der Waals surface area contributed by atoms with Crippen LogP contribution in [0.15, 0.2) is 42.5 Å². The summed E-state index contributed by atoms with van der Waals surface area (Å²) in [6.07, 6.45) is 0. The standard InChI is InChI=1S/C18H22INO/c1-13(2)11-20-12-15-9-14(3)7-8-18(15)21-17-6-4-5-16(19)10-17/h4-10,13,20H,11-12H2,1-3H3. The van der Waals surface area contributed by atoms with Crippen molar-refractivity contribution in [2.75, 3.05) is 6.54 Å². The van der Waals surface area contributed by atoms with Gasteiger partial charge >= 0.3 is 0 Å². The summed E-state index contributed by atoms with van der Waals surface area (Å²) in [5, 5.41) is 3.48. The molecule has 2 rings (SSSR count). The normalized spacial score (nSPS) is 10.9. The zero-order valence-electron chi connectivity index (χ0n) is 12.8. The molecule has 0 aromatic heterocycles. The summed E-state index contributed by atoms with van der Waals surface area (Å²) in [4.78, 5) is 0. The highest BCUT2D eigenvalue weighted by Crippen LogP contribution is 2.27. The summed E-state index contributed by atoms with van der Waals surface area (Å²) < 4.78 is 7.24. The van der Waals surface area contributed by atoms with E-state index < -0.39 is 0 Å². The Balaban J connectivity index is 2.14. The fraction of sp³-hybridized carbons (Fsp3) is 0.333. The first-order valence-corrected chi connectivity index (χ1v) is 8.36. The molecule has 0 saturated carbocycles. The first-order chi connectivity index (χ1) is 10.0. The predicted molar refractivity (Wildman–Crippen MR) is 97.0 cm³/mol. The Morgan fingerprint density at radius 2 is 1.95 bits per heavy atom. The largest absolute Gasteiger partial charge is 0.457 e. The number of nitrogens with one attached hydrogen (secondary N) is 1. The quantitative estimate of drug-likeness (QED) is 0.685. The maximum Gasteiger partial charge on any atom is 0.131 e. The molecule has 0 aliphatic rings. The fourth-order valence-electron chi connectivity index (χ4n) is 2.10. The van der Waals surface area contributed by atoms with E-state index in [1.54, 1.807) is 0 Å². The maximum atomic E-state index is 6.06. The van der Waals surface area contributed by atoms with Crippen molar-refractivity contribution in [3.63, 3.8) is 0 Å². The molecule has 0 aliphatic carbocycles. The summed E-state index contributed by atoms with van der Waals surface area (Å²) in [6.45, 7) is 8.38. The molecular formula is C18H22INO. The van der Waals surface area contributed by atoms with Crippen LogP contribution in [-0.2, 0) is 6.54 Å². The molecule has 0 saturated heterocycles. The number of aryl methyl sites for hydroxylation is 1. The second kappa shape index (κ2) is 7.80. The molecule has 3 heteroatoms. The Bertz CT molecular complexity index is 596. The Morgan fingerprint density at radius 3 is 2.67 bits per heavy atom. The van der Waals surface area contributed by atoms with E-state index in [0.29, 0.717) is 5.92 Å². The minimum atomic E-state index is 0.648. The van der Waals surface area contributed by atoms with Crippen molar-refractivity contribution in [3.8, 4) is 11.5 Å². The Hall–Kier alpha value is -1.07. The van der Waals surface area contributed by atoms with Crippen LogP contribution in [0.25, 0.3) is 0 Å². The van der Waals surface area contributed by atoms with Gasteiger partial charge in [-0.15, -0.1) is 0 Å². The van der Waals surface area contributed by atoms with Crippen LogP contribution in [0, 0.1) is 16.4 Å². The summed E-state index contributed by atoms with van der Waals surface area (Å²) in [6, 6.07) is 14.5. The number of rotatable bonds is 6. The van der Waals surface area contributed by atoms with Crippen molar-refractivity contribution < 1.29 is 4.74 Å². The molecule has 2 aromatic carbocycles. The molecule has 0 heterocycles. The zero-order chi connectivity index (χ0) is 15.2. The molecule has 0 amide bonds. The van der Waals surface area contributed by atoms with E-state index in [9.17, 15) is 0 Å². The fourth-order valence-corrected chi connectivity index (χ4v) is 2.61. The lowest BCUT2D eigenvalue weighted by Gasteiger charge is -2.14. The van der Waals surface area contributed by atoms with E-state index in [1.165, 1.54) is 14.7 Å². The van der Waals surface area contributed by atoms with E-state index >= 15 is 0 Å². The molecule has 0 unspecified atom stereocenters. The van der Waals surface area contributed by atoms with E-state index in [1.807, 2.05) is 18.2 Å². The van der Waals surface area contributed by atoms with Gasteiger partial charge in [0, 0.05) is 15.7 Å². The minimum Gasteiger partial charge on any atom is -0.457 e. The maximum absolute atomic E-state index is 6.06. The van der Waals surface area contributed by atoms with E-state index in [0.717, 1.165) is 24.6 Å². The van der Waals surface area contributed by atoms with Gasteiger partial charge in [0.05, 0.1) is 0 Å². The summed E-state index contributed by atoms with van der Waals surface area (Å²) >= 11 is 2.30. The summed E-state index contributed by atoms with van der Waals surface area (Å²) in [5.41, 5.74) is 2.46. The van der Waals surface area contributed by atoms with Crippen molar-refractivity contribution in [1.82, 2.24) is 5.32 Å². The van der Waals surface area contributed by atoms with Crippen molar-refractivity contribution in [2.45, 2.75) is 27.3 Å². The first-order valence-electron chi connectivity index (χ1n) is 7.28. The van der Waals surface area contributed by atoms with Gasteiger partial charge in [0.2, 0.25) is 0 Å². The molecule has 2 aromatic rings. The minimum absolute atomic E-state index is 0.648. The molecule has 2 nitrogen and oxygen atoms in total. The van der Waals surface area contributed by atoms with Crippen LogP contribution in [0.1, 0.15) is 25.0 Å².